The summed E-state index contributed by atoms with van der Waals surface area (Å²) in [5.74, 6) is 1.90. The molecule has 0 atom stereocenters. The van der Waals surface area contributed by atoms with Crippen LogP contribution in [-0.4, -0.2) is 12.5 Å². The molecule has 0 unspecified atom stereocenters. The van der Waals surface area contributed by atoms with E-state index in [2.05, 4.69) is 5.32 Å². The van der Waals surface area contributed by atoms with E-state index in [4.69, 9.17) is 16.3 Å². The first-order chi connectivity index (χ1) is 10.2. The highest BCUT2D eigenvalue weighted by atomic mass is 35.5. The number of carbonyl (C=O) groups is 1. The minimum Gasteiger partial charge on any atom is -0.456 e. The SMILES string of the molecule is O=C(NCC1CC1)c1ccc(Oc2ccccc2Cl)cc1. The second kappa shape index (κ2) is 6.19. The molecule has 108 valence electrons. The molecule has 0 saturated heterocycles. The Bertz CT molecular complexity index is 635. The van der Waals surface area contributed by atoms with Gasteiger partial charge in [0.2, 0.25) is 0 Å². The Kier molecular flexibility index (Phi) is 4.11. The van der Waals surface area contributed by atoms with Gasteiger partial charge in [0, 0.05) is 12.1 Å². The lowest BCUT2D eigenvalue weighted by Gasteiger charge is -2.08. The van der Waals surface area contributed by atoms with Crippen LogP contribution < -0.4 is 10.1 Å². The van der Waals surface area contributed by atoms with Gasteiger partial charge in [-0.1, -0.05) is 23.7 Å². The van der Waals surface area contributed by atoms with Gasteiger partial charge in [-0.3, -0.25) is 4.79 Å². The van der Waals surface area contributed by atoms with E-state index in [9.17, 15) is 4.79 Å². The quantitative estimate of drug-likeness (QED) is 0.895. The van der Waals surface area contributed by atoms with E-state index in [1.54, 1.807) is 36.4 Å². The van der Waals surface area contributed by atoms with Crippen molar-refractivity contribution >= 4 is 17.5 Å². The van der Waals surface area contributed by atoms with Crippen LogP contribution in [0.2, 0.25) is 5.02 Å². The highest BCUT2D eigenvalue weighted by molar-refractivity contribution is 6.32. The smallest absolute Gasteiger partial charge is 0.251 e. The van der Waals surface area contributed by atoms with Crippen molar-refractivity contribution in [1.82, 2.24) is 5.32 Å². The maximum absolute atomic E-state index is 11.9. The Balaban J connectivity index is 1.63. The van der Waals surface area contributed by atoms with Crippen molar-refractivity contribution in [1.29, 1.82) is 0 Å². The molecule has 3 rings (SSSR count). The molecule has 1 saturated carbocycles. The third kappa shape index (κ3) is 3.76. The topological polar surface area (TPSA) is 38.3 Å². The molecule has 1 fully saturated rings. The zero-order chi connectivity index (χ0) is 14.7. The molecule has 0 heterocycles. The number of halogens is 1. The van der Waals surface area contributed by atoms with Gasteiger partial charge in [0.05, 0.1) is 5.02 Å². The number of rotatable bonds is 5. The molecule has 0 spiro atoms. The maximum Gasteiger partial charge on any atom is 0.251 e. The molecule has 0 aliphatic heterocycles. The van der Waals surface area contributed by atoms with Crippen LogP contribution >= 0.6 is 11.6 Å². The standard InChI is InChI=1S/C17H16ClNO2/c18-15-3-1-2-4-16(15)21-14-9-7-13(8-10-14)17(20)19-11-12-5-6-12/h1-4,7-10,12H,5-6,11H2,(H,19,20). The van der Waals surface area contributed by atoms with Crippen LogP contribution in [0, 0.1) is 5.92 Å². The van der Waals surface area contributed by atoms with Crippen LogP contribution in [0.15, 0.2) is 48.5 Å². The minimum absolute atomic E-state index is 0.0359. The Hall–Kier alpha value is -2.00. The molecule has 0 bridgehead atoms. The van der Waals surface area contributed by atoms with E-state index in [-0.39, 0.29) is 5.91 Å². The molecule has 1 aliphatic carbocycles. The van der Waals surface area contributed by atoms with E-state index in [1.807, 2.05) is 12.1 Å². The first kappa shape index (κ1) is 14.0. The van der Waals surface area contributed by atoms with E-state index in [1.165, 1.54) is 12.8 Å². The van der Waals surface area contributed by atoms with Gasteiger partial charge in [0.1, 0.15) is 11.5 Å². The predicted octanol–water partition coefficient (Wildman–Crippen LogP) is 4.27. The van der Waals surface area contributed by atoms with Crippen molar-refractivity contribution in [3.63, 3.8) is 0 Å². The minimum atomic E-state index is -0.0359. The van der Waals surface area contributed by atoms with Gasteiger partial charge in [0.15, 0.2) is 0 Å². The molecule has 2 aromatic rings. The third-order valence-corrected chi connectivity index (χ3v) is 3.74. The lowest BCUT2D eigenvalue weighted by atomic mass is 10.2. The summed E-state index contributed by atoms with van der Waals surface area (Å²) in [4.78, 5) is 11.9. The van der Waals surface area contributed by atoms with Crippen LogP contribution in [0.5, 0.6) is 11.5 Å². The highest BCUT2D eigenvalue weighted by Crippen LogP contribution is 2.29. The highest BCUT2D eigenvalue weighted by Gasteiger charge is 2.21. The summed E-state index contributed by atoms with van der Waals surface area (Å²) in [6.07, 6.45) is 2.45. The first-order valence-electron chi connectivity index (χ1n) is 7.03. The van der Waals surface area contributed by atoms with Crippen molar-refractivity contribution in [2.45, 2.75) is 12.8 Å². The molecule has 2 aromatic carbocycles. The number of benzene rings is 2. The molecule has 0 radical (unpaired) electrons. The van der Waals surface area contributed by atoms with Crippen LogP contribution in [0.25, 0.3) is 0 Å². The number of nitrogens with one attached hydrogen (secondary N) is 1. The summed E-state index contributed by atoms with van der Waals surface area (Å²) >= 11 is 6.04. The van der Waals surface area contributed by atoms with Gasteiger partial charge >= 0.3 is 0 Å². The Morgan fingerprint density at radius 2 is 1.86 bits per heavy atom. The number of hydrogen-bond acceptors (Lipinski definition) is 2. The summed E-state index contributed by atoms with van der Waals surface area (Å²) in [5.41, 5.74) is 0.641. The fourth-order valence-corrected chi connectivity index (χ4v) is 2.16. The lowest BCUT2D eigenvalue weighted by Crippen LogP contribution is -2.25. The number of hydrogen-bond donors (Lipinski definition) is 1. The Labute approximate surface area is 128 Å². The van der Waals surface area contributed by atoms with Gasteiger partial charge in [-0.25, -0.2) is 0 Å². The molecule has 1 N–H and O–H groups in total. The van der Waals surface area contributed by atoms with Crippen molar-refractivity contribution < 1.29 is 9.53 Å². The molecule has 1 aliphatic rings. The average Bonchev–Trinajstić information content (AvgIpc) is 3.32. The normalized spacial score (nSPS) is 13.8. The second-order valence-corrected chi connectivity index (χ2v) is 5.62. The van der Waals surface area contributed by atoms with E-state index >= 15 is 0 Å². The second-order valence-electron chi connectivity index (χ2n) is 5.21. The fourth-order valence-electron chi connectivity index (χ4n) is 1.99. The predicted molar refractivity (Wildman–Crippen MR) is 83.0 cm³/mol. The largest absolute Gasteiger partial charge is 0.456 e. The number of para-hydroxylation sites is 1. The zero-order valence-electron chi connectivity index (χ0n) is 11.5. The number of carbonyl (C=O) groups excluding carboxylic acids is 1. The zero-order valence-corrected chi connectivity index (χ0v) is 12.3. The molecule has 1 amide bonds. The monoisotopic (exact) mass is 301 g/mol. The van der Waals surface area contributed by atoms with E-state index < -0.39 is 0 Å². The van der Waals surface area contributed by atoms with Crippen molar-refractivity contribution in [2.24, 2.45) is 5.92 Å². The van der Waals surface area contributed by atoms with Gasteiger partial charge in [0.25, 0.3) is 5.91 Å². The summed E-state index contributed by atoms with van der Waals surface area (Å²) in [6, 6.07) is 14.4. The summed E-state index contributed by atoms with van der Waals surface area (Å²) in [6.45, 7) is 0.775. The van der Waals surface area contributed by atoms with Gasteiger partial charge < -0.3 is 10.1 Å². The first-order valence-corrected chi connectivity index (χ1v) is 7.41. The van der Waals surface area contributed by atoms with Crippen LogP contribution in [-0.2, 0) is 0 Å². The molecule has 3 nitrogen and oxygen atoms in total. The lowest BCUT2D eigenvalue weighted by molar-refractivity contribution is 0.0952. The average molecular weight is 302 g/mol. The summed E-state index contributed by atoms with van der Waals surface area (Å²) < 4.78 is 5.69. The summed E-state index contributed by atoms with van der Waals surface area (Å²) in [7, 11) is 0. The molecular weight excluding hydrogens is 286 g/mol. The van der Waals surface area contributed by atoms with Crippen molar-refractivity contribution in [2.75, 3.05) is 6.54 Å². The maximum atomic E-state index is 11.9. The molecule has 0 aromatic heterocycles. The van der Waals surface area contributed by atoms with Crippen LogP contribution in [0.1, 0.15) is 23.2 Å². The van der Waals surface area contributed by atoms with Crippen LogP contribution in [0.4, 0.5) is 0 Å². The van der Waals surface area contributed by atoms with Gasteiger partial charge in [-0.15, -0.1) is 0 Å². The van der Waals surface area contributed by atoms with E-state index in [0.29, 0.717) is 28.0 Å². The van der Waals surface area contributed by atoms with Crippen molar-refractivity contribution in [3.05, 3.63) is 59.1 Å². The number of ether oxygens (including phenoxy) is 1. The Morgan fingerprint density at radius 1 is 1.14 bits per heavy atom. The van der Waals surface area contributed by atoms with Crippen LogP contribution in [0.3, 0.4) is 0 Å². The van der Waals surface area contributed by atoms with Gasteiger partial charge in [-0.05, 0) is 55.2 Å². The number of amides is 1. The van der Waals surface area contributed by atoms with Crippen molar-refractivity contribution in [3.8, 4) is 11.5 Å². The Morgan fingerprint density at radius 3 is 2.52 bits per heavy atom. The fraction of sp³-hybridized carbons (Fsp3) is 0.235. The summed E-state index contributed by atoms with van der Waals surface area (Å²) in [5, 5.41) is 3.50. The molecular formula is C17H16ClNO2. The molecule has 21 heavy (non-hydrogen) atoms. The van der Waals surface area contributed by atoms with Gasteiger partial charge in [-0.2, -0.15) is 0 Å². The molecule has 4 heteroatoms. The third-order valence-electron chi connectivity index (χ3n) is 3.43. The van der Waals surface area contributed by atoms with E-state index in [0.717, 1.165) is 6.54 Å².